The van der Waals surface area contributed by atoms with Gasteiger partial charge in [-0.3, -0.25) is 23.4 Å². The smallest absolute Gasteiger partial charge is 0.355 e. The Balaban J connectivity index is 1.88. The molecule has 0 aliphatic carbocycles. The van der Waals surface area contributed by atoms with Crippen LogP contribution in [0.2, 0.25) is 0 Å². The van der Waals surface area contributed by atoms with E-state index in [1.54, 1.807) is 0 Å². The number of hydrogen-bond acceptors (Lipinski definition) is 5. The van der Waals surface area contributed by atoms with Crippen molar-refractivity contribution in [1.29, 1.82) is 0 Å². The molecule has 2 N–H and O–H groups in total. The SMILES string of the molecule is O=c1ccn([C@H]2C[C@]3(CO2)CC(F)(F)P(=O)(O)O3)c(=O)[nH]1. The molecule has 2 fully saturated rings. The second kappa shape index (κ2) is 4.33. The summed E-state index contributed by atoms with van der Waals surface area (Å²) in [6, 6.07) is 1.08. The van der Waals surface area contributed by atoms with E-state index in [2.05, 4.69) is 4.52 Å². The van der Waals surface area contributed by atoms with Gasteiger partial charge in [-0.05, 0) is 0 Å². The minimum Gasteiger partial charge on any atom is -0.355 e. The first kappa shape index (κ1) is 14.6. The summed E-state index contributed by atoms with van der Waals surface area (Å²) in [5.74, 6) is 0. The first-order valence-electron chi connectivity index (χ1n) is 5.99. The first-order chi connectivity index (χ1) is 9.64. The van der Waals surface area contributed by atoms with Gasteiger partial charge in [0.05, 0.1) is 13.0 Å². The normalized spacial score (nSPS) is 38.1. The van der Waals surface area contributed by atoms with Gasteiger partial charge in [-0.2, -0.15) is 8.78 Å². The van der Waals surface area contributed by atoms with E-state index >= 15 is 0 Å². The maximum Gasteiger partial charge on any atom is 0.397 e. The minimum absolute atomic E-state index is 0.195. The van der Waals surface area contributed by atoms with Gasteiger partial charge in [0.25, 0.3) is 5.56 Å². The Morgan fingerprint density at radius 3 is 2.76 bits per heavy atom. The number of alkyl halides is 2. The maximum absolute atomic E-state index is 13.5. The van der Waals surface area contributed by atoms with Crippen LogP contribution in [0.4, 0.5) is 8.78 Å². The van der Waals surface area contributed by atoms with Crippen molar-refractivity contribution in [2.75, 3.05) is 6.61 Å². The highest BCUT2D eigenvalue weighted by molar-refractivity contribution is 7.54. The minimum atomic E-state index is -5.06. The number of H-pyrrole nitrogens is 1. The Morgan fingerprint density at radius 1 is 1.48 bits per heavy atom. The number of halogens is 2. The third kappa shape index (κ3) is 2.28. The van der Waals surface area contributed by atoms with Crippen LogP contribution in [0.15, 0.2) is 21.9 Å². The quantitative estimate of drug-likeness (QED) is 0.723. The average Bonchev–Trinajstić information content (AvgIpc) is 2.77. The summed E-state index contributed by atoms with van der Waals surface area (Å²) in [5, 5.41) is 0. The van der Waals surface area contributed by atoms with Crippen molar-refractivity contribution >= 4 is 7.60 Å². The number of nitrogens with zero attached hydrogens (tertiary/aromatic N) is 1. The summed E-state index contributed by atoms with van der Waals surface area (Å²) in [6.45, 7) is -0.344. The highest BCUT2D eigenvalue weighted by Crippen LogP contribution is 2.70. The summed E-state index contributed by atoms with van der Waals surface area (Å²) < 4.78 is 49.3. The highest BCUT2D eigenvalue weighted by Gasteiger charge is 2.67. The molecule has 0 bridgehead atoms. The molecule has 2 saturated heterocycles. The van der Waals surface area contributed by atoms with Crippen molar-refractivity contribution in [3.8, 4) is 0 Å². The zero-order chi connectivity index (χ0) is 15.5. The van der Waals surface area contributed by atoms with E-state index < -0.39 is 42.8 Å². The number of ether oxygens (including phenoxy) is 1. The third-order valence-corrected chi connectivity index (χ3v) is 5.13. The van der Waals surface area contributed by atoms with Crippen molar-refractivity contribution < 1.29 is 27.5 Å². The molecule has 11 heteroatoms. The number of rotatable bonds is 1. The molecule has 0 radical (unpaired) electrons. The highest BCUT2D eigenvalue weighted by atomic mass is 31.2. The number of aromatic nitrogens is 2. The fourth-order valence-electron chi connectivity index (χ4n) is 2.55. The van der Waals surface area contributed by atoms with Crippen LogP contribution in [0.25, 0.3) is 0 Å². The van der Waals surface area contributed by atoms with Gasteiger partial charge in [0.2, 0.25) is 0 Å². The van der Waals surface area contributed by atoms with Crippen molar-refractivity contribution in [2.45, 2.75) is 30.3 Å². The summed E-state index contributed by atoms with van der Waals surface area (Å²) in [6.07, 6.45) is -0.943. The van der Waals surface area contributed by atoms with Gasteiger partial charge in [0, 0.05) is 18.7 Å². The largest absolute Gasteiger partial charge is 0.397 e. The van der Waals surface area contributed by atoms with E-state index in [0.29, 0.717) is 0 Å². The fraction of sp³-hybridized carbons (Fsp3) is 0.600. The lowest BCUT2D eigenvalue weighted by atomic mass is 9.98. The number of aromatic amines is 1. The van der Waals surface area contributed by atoms with Gasteiger partial charge in [-0.1, -0.05) is 0 Å². The van der Waals surface area contributed by atoms with E-state index in [4.69, 9.17) is 4.74 Å². The molecule has 3 heterocycles. The zero-order valence-electron chi connectivity index (χ0n) is 10.5. The Morgan fingerprint density at radius 2 is 2.19 bits per heavy atom. The van der Waals surface area contributed by atoms with E-state index in [0.717, 1.165) is 16.8 Å². The Labute approximate surface area is 115 Å². The molecule has 1 aromatic rings. The molecule has 2 aliphatic heterocycles. The van der Waals surface area contributed by atoms with Crippen LogP contribution < -0.4 is 11.2 Å². The summed E-state index contributed by atoms with van der Waals surface area (Å²) in [7, 11) is -5.06. The van der Waals surface area contributed by atoms with Crippen LogP contribution in [0, 0.1) is 0 Å². The van der Waals surface area contributed by atoms with Crippen LogP contribution >= 0.6 is 7.60 Å². The predicted octanol–water partition coefficient (Wildman–Crippen LogP) is 0.393. The van der Waals surface area contributed by atoms with Gasteiger partial charge in [0.1, 0.15) is 11.8 Å². The monoisotopic (exact) mass is 324 g/mol. The fourth-order valence-corrected chi connectivity index (χ4v) is 3.89. The first-order valence-corrected chi connectivity index (χ1v) is 7.57. The molecule has 1 spiro atoms. The molecule has 1 aromatic heterocycles. The molecule has 3 rings (SSSR count). The topological polar surface area (TPSA) is 111 Å². The Kier molecular flexibility index (Phi) is 3.00. The second-order valence-electron chi connectivity index (χ2n) is 5.12. The van der Waals surface area contributed by atoms with Gasteiger partial charge in [-0.15, -0.1) is 0 Å². The predicted molar refractivity (Wildman–Crippen MR) is 64.1 cm³/mol. The zero-order valence-corrected chi connectivity index (χ0v) is 11.4. The molecule has 116 valence electrons. The Hall–Kier alpha value is -1.35. The molecule has 3 atom stereocenters. The van der Waals surface area contributed by atoms with Crippen LogP contribution in [0.1, 0.15) is 19.1 Å². The molecule has 2 aliphatic rings. The molecular formula is C10H11F2N2O6P. The number of hydrogen-bond donors (Lipinski definition) is 2. The number of nitrogens with one attached hydrogen (secondary N) is 1. The molecule has 0 amide bonds. The molecule has 21 heavy (non-hydrogen) atoms. The molecule has 1 unspecified atom stereocenters. The lowest BCUT2D eigenvalue weighted by Gasteiger charge is -2.18. The van der Waals surface area contributed by atoms with Gasteiger partial charge in [0.15, 0.2) is 0 Å². The van der Waals surface area contributed by atoms with Crippen LogP contribution in [-0.4, -0.2) is 32.3 Å². The van der Waals surface area contributed by atoms with E-state index in [9.17, 15) is 27.8 Å². The lowest BCUT2D eigenvalue weighted by Crippen LogP contribution is -2.33. The molecule has 0 aromatic carbocycles. The molecular weight excluding hydrogens is 313 g/mol. The van der Waals surface area contributed by atoms with E-state index in [1.165, 1.54) is 0 Å². The summed E-state index contributed by atoms with van der Waals surface area (Å²) in [5.41, 5.74) is -6.83. The lowest BCUT2D eigenvalue weighted by molar-refractivity contribution is 0.0161. The molecule has 8 nitrogen and oxygen atoms in total. The maximum atomic E-state index is 13.5. The van der Waals surface area contributed by atoms with Crippen molar-refractivity contribution in [1.82, 2.24) is 9.55 Å². The standard InChI is InChI=1S/C10H11F2N2O6P/c11-10(12)4-9(20-21(10,17)18)3-7(19-5-9)14-2-1-6(15)13-8(14)16/h1-2,7H,3-5H2,(H,17,18)(H,13,15,16)/t7-,9-/m1/s1. The van der Waals surface area contributed by atoms with Gasteiger partial charge in [-0.25, -0.2) is 4.79 Å². The average molecular weight is 324 g/mol. The van der Waals surface area contributed by atoms with Crippen LogP contribution in [-0.2, 0) is 13.8 Å². The van der Waals surface area contributed by atoms with Crippen molar-refractivity contribution in [3.05, 3.63) is 33.1 Å². The molecule has 0 saturated carbocycles. The van der Waals surface area contributed by atoms with Gasteiger partial charge >= 0.3 is 18.9 Å². The Bertz CT molecular complexity index is 746. The summed E-state index contributed by atoms with van der Waals surface area (Å²) >= 11 is 0. The van der Waals surface area contributed by atoms with E-state index in [1.807, 2.05) is 4.98 Å². The summed E-state index contributed by atoms with van der Waals surface area (Å²) in [4.78, 5) is 33.8. The van der Waals surface area contributed by atoms with Gasteiger partial charge < -0.3 is 9.63 Å². The van der Waals surface area contributed by atoms with Crippen molar-refractivity contribution in [2.24, 2.45) is 0 Å². The second-order valence-corrected chi connectivity index (χ2v) is 7.00. The van der Waals surface area contributed by atoms with E-state index in [-0.39, 0.29) is 13.0 Å². The van der Waals surface area contributed by atoms with Crippen molar-refractivity contribution in [3.63, 3.8) is 0 Å². The van der Waals surface area contributed by atoms with Crippen LogP contribution in [0.3, 0.4) is 0 Å². The third-order valence-electron chi connectivity index (χ3n) is 3.51. The van der Waals surface area contributed by atoms with Crippen LogP contribution in [0.5, 0.6) is 0 Å².